The summed E-state index contributed by atoms with van der Waals surface area (Å²) in [6.07, 6.45) is -0.770. The van der Waals surface area contributed by atoms with Crippen molar-refractivity contribution in [1.82, 2.24) is 0 Å². The second kappa shape index (κ2) is 5.27. The molecule has 1 atom stereocenters. The zero-order valence-corrected chi connectivity index (χ0v) is 10.0. The summed E-state index contributed by atoms with van der Waals surface area (Å²) < 4.78 is 26.5. The Kier molecular flexibility index (Phi) is 3.72. The van der Waals surface area contributed by atoms with Crippen LogP contribution >= 0.6 is 0 Å². The summed E-state index contributed by atoms with van der Waals surface area (Å²) in [7, 11) is 0. The fraction of sp³-hybridized carbons (Fsp3) is 0.200. The van der Waals surface area contributed by atoms with E-state index in [4.69, 9.17) is 0 Å². The van der Waals surface area contributed by atoms with Crippen molar-refractivity contribution in [1.29, 1.82) is 0 Å². The van der Waals surface area contributed by atoms with Crippen molar-refractivity contribution < 1.29 is 13.9 Å². The topological polar surface area (TPSA) is 20.2 Å². The minimum Gasteiger partial charge on any atom is -0.388 e. The minimum atomic E-state index is -0.885. The van der Waals surface area contributed by atoms with Crippen LogP contribution in [0.2, 0.25) is 0 Å². The number of aliphatic hydroxyl groups is 1. The van der Waals surface area contributed by atoms with Crippen molar-refractivity contribution in [3.8, 4) is 0 Å². The predicted molar refractivity (Wildman–Crippen MR) is 66.2 cm³/mol. The lowest BCUT2D eigenvalue weighted by molar-refractivity contribution is 0.176. The Hall–Kier alpha value is -1.74. The molecule has 0 amide bonds. The van der Waals surface area contributed by atoms with E-state index in [9.17, 15) is 13.9 Å². The third-order valence-corrected chi connectivity index (χ3v) is 2.87. The summed E-state index contributed by atoms with van der Waals surface area (Å²) in [5, 5.41) is 10.0. The standard InChI is InChI=1S/C15H14F2O/c1-10-4-2-5-11(8-10)14(18)9-12-6-3-7-13(16)15(12)17/h2-8,14,18H,9H2,1H3. The summed E-state index contributed by atoms with van der Waals surface area (Å²) in [5.74, 6) is -1.77. The van der Waals surface area contributed by atoms with E-state index in [-0.39, 0.29) is 12.0 Å². The van der Waals surface area contributed by atoms with Gasteiger partial charge in [0.15, 0.2) is 11.6 Å². The summed E-state index contributed by atoms with van der Waals surface area (Å²) in [6.45, 7) is 1.92. The van der Waals surface area contributed by atoms with Crippen LogP contribution in [0.5, 0.6) is 0 Å². The van der Waals surface area contributed by atoms with E-state index in [2.05, 4.69) is 0 Å². The average Bonchev–Trinajstić information content (AvgIpc) is 2.35. The molecule has 0 bridgehead atoms. The van der Waals surface area contributed by atoms with Gasteiger partial charge in [-0.25, -0.2) is 8.78 Å². The average molecular weight is 248 g/mol. The minimum absolute atomic E-state index is 0.0625. The van der Waals surface area contributed by atoms with Crippen LogP contribution in [0, 0.1) is 18.6 Å². The van der Waals surface area contributed by atoms with E-state index in [0.717, 1.165) is 11.6 Å². The van der Waals surface area contributed by atoms with Crippen molar-refractivity contribution in [3.05, 3.63) is 70.8 Å². The molecule has 0 saturated carbocycles. The van der Waals surface area contributed by atoms with E-state index < -0.39 is 17.7 Å². The highest BCUT2D eigenvalue weighted by atomic mass is 19.2. The van der Waals surface area contributed by atoms with E-state index in [1.54, 1.807) is 6.07 Å². The number of hydrogen-bond donors (Lipinski definition) is 1. The highest BCUT2D eigenvalue weighted by Gasteiger charge is 2.13. The maximum absolute atomic E-state index is 13.5. The number of benzene rings is 2. The van der Waals surface area contributed by atoms with Crippen LogP contribution in [0.1, 0.15) is 22.8 Å². The van der Waals surface area contributed by atoms with Gasteiger partial charge in [0.25, 0.3) is 0 Å². The van der Waals surface area contributed by atoms with Crippen LogP contribution in [-0.2, 0) is 6.42 Å². The molecule has 0 heterocycles. The number of rotatable bonds is 3. The van der Waals surface area contributed by atoms with Crippen LogP contribution in [0.25, 0.3) is 0 Å². The van der Waals surface area contributed by atoms with Gasteiger partial charge < -0.3 is 5.11 Å². The van der Waals surface area contributed by atoms with Gasteiger partial charge in [-0.2, -0.15) is 0 Å². The maximum atomic E-state index is 13.5. The van der Waals surface area contributed by atoms with Crippen LogP contribution in [0.15, 0.2) is 42.5 Å². The van der Waals surface area contributed by atoms with E-state index in [1.807, 2.05) is 25.1 Å². The highest BCUT2D eigenvalue weighted by Crippen LogP contribution is 2.21. The highest BCUT2D eigenvalue weighted by molar-refractivity contribution is 5.27. The monoisotopic (exact) mass is 248 g/mol. The molecule has 1 unspecified atom stereocenters. The van der Waals surface area contributed by atoms with Gasteiger partial charge in [0.2, 0.25) is 0 Å². The molecule has 94 valence electrons. The van der Waals surface area contributed by atoms with Crippen molar-refractivity contribution in [2.45, 2.75) is 19.4 Å². The maximum Gasteiger partial charge on any atom is 0.162 e. The van der Waals surface area contributed by atoms with Gasteiger partial charge in [-0.05, 0) is 24.1 Å². The third-order valence-electron chi connectivity index (χ3n) is 2.87. The van der Waals surface area contributed by atoms with Gasteiger partial charge in [0.05, 0.1) is 6.10 Å². The lowest BCUT2D eigenvalue weighted by Crippen LogP contribution is -2.04. The number of aryl methyl sites for hydroxylation is 1. The van der Waals surface area contributed by atoms with Gasteiger partial charge in [-0.3, -0.25) is 0 Å². The second-order valence-electron chi connectivity index (χ2n) is 4.35. The second-order valence-corrected chi connectivity index (χ2v) is 4.35. The molecular formula is C15H14F2O. The van der Waals surface area contributed by atoms with Gasteiger partial charge in [-0.15, -0.1) is 0 Å². The number of hydrogen-bond acceptors (Lipinski definition) is 1. The first-order valence-corrected chi connectivity index (χ1v) is 5.75. The number of halogens is 2. The van der Waals surface area contributed by atoms with Gasteiger partial charge in [-0.1, -0.05) is 42.0 Å². The molecule has 2 aromatic rings. The summed E-state index contributed by atoms with van der Waals surface area (Å²) in [4.78, 5) is 0. The fourth-order valence-corrected chi connectivity index (χ4v) is 1.91. The van der Waals surface area contributed by atoms with Gasteiger partial charge >= 0.3 is 0 Å². The first-order chi connectivity index (χ1) is 8.58. The van der Waals surface area contributed by atoms with E-state index in [0.29, 0.717) is 5.56 Å². The van der Waals surface area contributed by atoms with Crippen molar-refractivity contribution in [2.24, 2.45) is 0 Å². The molecule has 0 spiro atoms. The predicted octanol–water partition coefficient (Wildman–Crippen LogP) is 3.55. The zero-order valence-electron chi connectivity index (χ0n) is 10.0. The van der Waals surface area contributed by atoms with Crippen LogP contribution in [-0.4, -0.2) is 5.11 Å². The molecule has 0 aliphatic carbocycles. The van der Waals surface area contributed by atoms with E-state index in [1.165, 1.54) is 12.1 Å². The zero-order chi connectivity index (χ0) is 13.1. The molecule has 0 fully saturated rings. The Labute approximate surface area is 105 Å². The lowest BCUT2D eigenvalue weighted by atomic mass is 10.00. The summed E-state index contributed by atoms with van der Waals surface area (Å²) >= 11 is 0. The molecule has 1 nitrogen and oxygen atoms in total. The van der Waals surface area contributed by atoms with Crippen LogP contribution < -0.4 is 0 Å². The lowest BCUT2D eigenvalue weighted by Gasteiger charge is -2.12. The Morgan fingerprint density at radius 3 is 2.56 bits per heavy atom. The Balaban J connectivity index is 2.21. The molecule has 0 aliphatic rings. The van der Waals surface area contributed by atoms with E-state index >= 15 is 0 Å². The van der Waals surface area contributed by atoms with Crippen molar-refractivity contribution in [3.63, 3.8) is 0 Å². The third kappa shape index (κ3) is 2.74. The van der Waals surface area contributed by atoms with Crippen molar-refractivity contribution in [2.75, 3.05) is 0 Å². The Bertz CT molecular complexity index is 552. The summed E-state index contributed by atoms with van der Waals surface area (Å²) in [6, 6.07) is 11.3. The smallest absolute Gasteiger partial charge is 0.162 e. The molecule has 2 aromatic carbocycles. The molecule has 0 aromatic heterocycles. The normalized spacial score (nSPS) is 12.4. The fourth-order valence-electron chi connectivity index (χ4n) is 1.91. The van der Waals surface area contributed by atoms with Gasteiger partial charge in [0, 0.05) is 6.42 Å². The van der Waals surface area contributed by atoms with Crippen molar-refractivity contribution >= 4 is 0 Å². The molecule has 1 N–H and O–H groups in total. The Morgan fingerprint density at radius 1 is 1.11 bits per heavy atom. The molecule has 2 rings (SSSR count). The first kappa shape index (κ1) is 12.7. The summed E-state index contributed by atoms with van der Waals surface area (Å²) in [5.41, 5.74) is 1.91. The SMILES string of the molecule is Cc1cccc(C(O)Cc2cccc(F)c2F)c1. The molecule has 18 heavy (non-hydrogen) atoms. The van der Waals surface area contributed by atoms with Crippen LogP contribution in [0.3, 0.4) is 0 Å². The molecule has 0 saturated heterocycles. The number of aliphatic hydroxyl groups excluding tert-OH is 1. The first-order valence-electron chi connectivity index (χ1n) is 5.75. The molecule has 0 aliphatic heterocycles. The molecular weight excluding hydrogens is 234 g/mol. The molecule has 0 radical (unpaired) electrons. The molecule has 3 heteroatoms. The quantitative estimate of drug-likeness (QED) is 0.880. The largest absolute Gasteiger partial charge is 0.388 e. The van der Waals surface area contributed by atoms with Crippen LogP contribution in [0.4, 0.5) is 8.78 Å². The van der Waals surface area contributed by atoms with Gasteiger partial charge in [0.1, 0.15) is 0 Å². The Morgan fingerprint density at radius 2 is 1.83 bits per heavy atom.